The minimum absolute atomic E-state index is 0.429. The Labute approximate surface area is 94.8 Å². The van der Waals surface area contributed by atoms with Crippen LogP contribution in [0.1, 0.15) is 26.2 Å². The van der Waals surface area contributed by atoms with Gasteiger partial charge in [0.15, 0.2) is 0 Å². The van der Waals surface area contributed by atoms with Gasteiger partial charge >= 0.3 is 12.0 Å². The van der Waals surface area contributed by atoms with Crippen LogP contribution >= 0.6 is 0 Å². The van der Waals surface area contributed by atoms with E-state index in [0.717, 1.165) is 13.0 Å². The molecule has 1 fully saturated rings. The van der Waals surface area contributed by atoms with Crippen LogP contribution in [0.4, 0.5) is 4.79 Å². The van der Waals surface area contributed by atoms with Crippen LogP contribution in [-0.4, -0.2) is 42.3 Å². The molecule has 1 aliphatic rings. The highest BCUT2D eigenvalue weighted by atomic mass is 16.4. The lowest BCUT2D eigenvalue weighted by Crippen LogP contribution is -2.44. The Hall–Kier alpha value is -1.30. The van der Waals surface area contributed by atoms with Crippen LogP contribution in [0.15, 0.2) is 0 Å². The molecule has 1 unspecified atom stereocenters. The molecule has 0 bridgehead atoms. The Balaban J connectivity index is 1.94. The second-order valence-electron chi connectivity index (χ2n) is 4.04. The van der Waals surface area contributed by atoms with Gasteiger partial charge in [-0.2, -0.15) is 0 Å². The molecule has 0 aromatic carbocycles. The molecule has 4 N–H and O–H groups in total. The van der Waals surface area contributed by atoms with E-state index in [0.29, 0.717) is 12.6 Å². The molecule has 2 amide bonds. The summed E-state index contributed by atoms with van der Waals surface area (Å²) in [4.78, 5) is 21.6. The van der Waals surface area contributed by atoms with E-state index >= 15 is 0 Å². The van der Waals surface area contributed by atoms with E-state index in [9.17, 15) is 9.59 Å². The Kier molecular flexibility index (Phi) is 5.04. The third-order valence-corrected chi connectivity index (χ3v) is 2.37. The number of amides is 2. The zero-order valence-electron chi connectivity index (χ0n) is 9.45. The summed E-state index contributed by atoms with van der Waals surface area (Å²) in [6.07, 6.45) is 3.36. The van der Waals surface area contributed by atoms with Crippen molar-refractivity contribution in [2.45, 2.75) is 38.3 Å². The molecule has 1 atom stereocenters. The van der Waals surface area contributed by atoms with Crippen molar-refractivity contribution < 1.29 is 14.7 Å². The molecule has 0 spiro atoms. The maximum absolute atomic E-state index is 11.2. The number of carbonyl (C=O) groups excluding carboxylic acids is 1. The summed E-state index contributed by atoms with van der Waals surface area (Å²) in [5, 5.41) is 16.8. The number of urea groups is 1. The summed E-state index contributed by atoms with van der Waals surface area (Å²) in [7, 11) is 0. The molecule has 0 saturated heterocycles. The number of hydrogen-bond donors (Lipinski definition) is 4. The topological polar surface area (TPSA) is 90.5 Å². The van der Waals surface area contributed by atoms with Crippen molar-refractivity contribution in [1.29, 1.82) is 0 Å². The van der Waals surface area contributed by atoms with Crippen molar-refractivity contribution in [3.63, 3.8) is 0 Å². The molecule has 0 aromatic rings. The van der Waals surface area contributed by atoms with Crippen LogP contribution in [0.3, 0.4) is 0 Å². The summed E-state index contributed by atoms with van der Waals surface area (Å²) in [6.45, 7) is 2.87. The lowest BCUT2D eigenvalue weighted by molar-refractivity contribution is -0.138. The van der Waals surface area contributed by atoms with E-state index in [4.69, 9.17) is 5.11 Å². The van der Waals surface area contributed by atoms with E-state index in [1.165, 1.54) is 19.8 Å². The third-order valence-electron chi connectivity index (χ3n) is 2.37. The van der Waals surface area contributed by atoms with Crippen LogP contribution in [0, 0.1) is 0 Å². The average molecular weight is 229 g/mol. The molecule has 6 nitrogen and oxygen atoms in total. The zero-order chi connectivity index (χ0) is 12.0. The van der Waals surface area contributed by atoms with Gasteiger partial charge in [-0.1, -0.05) is 0 Å². The van der Waals surface area contributed by atoms with Crippen molar-refractivity contribution in [2.75, 3.05) is 13.1 Å². The van der Waals surface area contributed by atoms with Gasteiger partial charge in [-0.15, -0.1) is 0 Å². The third kappa shape index (κ3) is 5.55. The first kappa shape index (κ1) is 12.8. The van der Waals surface area contributed by atoms with Crippen molar-refractivity contribution in [3.8, 4) is 0 Å². The number of rotatable bonds is 7. The standard InChI is InChI=1S/C10H19N3O3/c1-7(9(14)15)13-10(16)12-6-2-5-11-8-3-4-8/h7-8,11H,2-6H2,1H3,(H,14,15)(H2,12,13,16). The predicted molar refractivity (Wildman–Crippen MR) is 59.3 cm³/mol. The van der Waals surface area contributed by atoms with Crippen LogP contribution in [0.25, 0.3) is 0 Å². The van der Waals surface area contributed by atoms with Crippen LogP contribution < -0.4 is 16.0 Å². The van der Waals surface area contributed by atoms with Gasteiger partial charge in [-0.05, 0) is 32.7 Å². The highest BCUT2D eigenvalue weighted by Gasteiger charge is 2.19. The van der Waals surface area contributed by atoms with Crippen molar-refractivity contribution in [1.82, 2.24) is 16.0 Å². The lowest BCUT2D eigenvalue weighted by atomic mass is 10.3. The maximum Gasteiger partial charge on any atom is 0.325 e. The summed E-state index contributed by atoms with van der Waals surface area (Å²) >= 11 is 0. The van der Waals surface area contributed by atoms with Crippen molar-refractivity contribution >= 4 is 12.0 Å². The molecule has 1 rings (SSSR count). The fourth-order valence-corrected chi connectivity index (χ4v) is 1.19. The summed E-state index contributed by atoms with van der Waals surface area (Å²) in [6, 6.07) is -0.605. The largest absolute Gasteiger partial charge is 0.480 e. The van der Waals surface area contributed by atoms with E-state index in [1.807, 2.05) is 0 Å². The molecule has 1 aliphatic carbocycles. The van der Waals surface area contributed by atoms with Gasteiger partial charge < -0.3 is 21.1 Å². The molecule has 0 aromatic heterocycles. The molecule has 0 heterocycles. The number of aliphatic carboxylic acids is 1. The zero-order valence-corrected chi connectivity index (χ0v) is 9.45. The van der Waals surface area contributed by atoms with Crippen molar-refractivity contribution in [3.05, 3.63) is 0 Å². The average Bonchev–Trinajstić information content (AvgIpc) is 3.00. The number of nitrogens with one attached hydrogen (secondary N) is 3. The fraction of sp³-hybridized carbons (Fsp3) is 0.800. The summed E-state index contributed by atoms with van der Waals surface area (Å²) < 4.78 is 0. The highest BCUT2D eigenvalue weighted by Crippen LogP contribution is 2.18. The minimum atomic E-state index is -1.04. The Morgan fingerprint density at radius 3 is 2.62 bits per heavy atom. The molecule has 16 heavy (non-hydrogen) atoms. The number of carboxylic acid groups (broad SMARTS) is 1. The number of hydrogen-bond acceptors (Lipinski definition) is 3. The number of carbonyl (C=O) groups is 2. The van der Waals surface area contributed by atoms with Gasteiger partial charge in [-0.3, -0.25) is 4.79 Å². The first-order valence-electron chi connectivity index (χ1n) is 5.60. The molecule has 92 valence electrons. The second kappa shape index (κ2) is 6.32. The number of carboxylic acids is 1. The quantitative estimate of drug-likeness (QED) is 0.459. The summed E-state index contributed by atoms with van der Waals surface area (Å²) in [5.74, 6) is -1.04. The van der Waals surface area contributed by atoms with Crippen molar-refractivity contribution in [2.24, 2.45) is 0 Å². The van der Waals surface area contributed by atoms with E-state index in [1.54, 1.807) is 0 Å². The van der Waals surface area contributed by atoms with E-state index in [2.05, 4.69) is 16.0 Å². The Morgan fingerprint density at radius 1 is 1.38 bits per heavy atom. The molecule has 6 heteroatoms. The van der Waals surface area contributed by atoms with Crippen LogP contribution in [0.2, 0.25) is 0 Å². The molecule has 1 saturated carbocycles. The molecule has 0 aliphatic heterocycles. The SMILES string of the molecule is CC(NC(=O)NCCCNC1CC1)C(=O)O. The monoisotopic (exact) mass is 229 g/mol. The smallest absolute Gasteiger partial charge is 0.325 e. The second-order valence-corrected chi connectivity index (χ2v) is 4.04. The van der Waals surface area contributed by atoms with Gasteiger partial charge in [0.2, 0.25) is 0 Å². The minimum Gasteiger partial charge on any atom is -0.480 e. The van der Waals surface area contributed by atoms with E-state index < -0.39 is 18.0 Å². The molecular formula is C10H19N3O3. The molecular weight excluding hydrogens is 210 g/mol. The maximum atomic E-state index is 11.2. The lowest BCUT2D eigenvalue weighted by Gasteiger charge is -2.10. The van der Waals surface area contributed by atoms with Crippen LogP contribution in [-0.2, 0) is 4.79 Å². The Bertz CT molecular complexity index is 254. The van der Waals surface area contributed by atoms with Gasteiger partial charge in [0.05, 0.1) is 0 Å². The fourth-order valence-electron chi connectivity index (χ4n) is 1.19. The Morgan fingerprint density at radius 2 is 2.06 bits per heavy atom. The highest BCUT2D eigenvalue weighted by molar-refractivity contribution is 5.82. The predicted octanol–water partition coefficient (Wildman–Crippen LogP) is -0.0992. The molecule has 0 radical (unpaired) electrons. The van der Waals surface area contributed by atoms with Gasteiger partial charge in [0.1, 0.15) is 6.04 Å². The van der Waals surface area contributed by atoms with Gasteiger partial charge in [-0.25, -0.2) is 4.79 Å². The summed E-state index contributed by atoms with van der Waals surface area (Å²) in [5.41, 5.74) is 0. The van der Waals surface area contributed by atoms with Crippen LogP contribution in [0.5, 0.6) is 0 Å². The van der Waals surface area contributed by atoms with E-state index in [-0.39, 0.29) is 0 Å². The first-order chi connectivity index (χ1) is 7.59. The normalized spacial score (nSPS) is 16.6. The van der Waals surface area contributed by atoms with Gasteiger partial charge in [0.25, 0.3) is 0 Å². The van der Waals surface area contributed by atoms with Gasteiger partial charge in [0, 0.05) is 12.6 Å². The first-order valence-corrected chi connectivity index (χ1v) is 5.60.